The summed E-state index contributed by atoms with van der Waals surface area (Å²) in [6.07, 6.45) is 0.105. The van der Waals surface area contributed by atoms with Gasteiger partial charge in [-0.15, -0.1) is 0 Å². The van der Waals surface area contributed by atoms with Crippen molar-refractivity contribution in [2.24, 2.45) is 0 Å². The van der Waals surface area contributed by atoms with E-state index in [0.717, 1.165) is 5.56 Å². The van der Waals surface area contributed by atoms with Crippen LogP contribution in [-0.4, -0.2) is 25.0 Å². The van der Waals surface area contributed by atoms with E-state index in [1.54, 1.807) is 12.1 Å². The third-order valence-electron chi connectivity index (χ3n) is 4.03. The van der Waals surface area contributed by atoms with Crippen LogP contribution in [0.25, 0.3) is 0 Å². The minimum Gasteiger partial charge on any atom is -0.452 e. The number of nitrogens with zero attached hydrogens (tertiary/aromatic N) is 2. The third-order valence-corrected chi connectivity index (χ3v) is 4.03. The summed E-state index contributed by atoms with van der Waals surface area (Å²) < 4.78 is 18.2. The first kappa shape index (κ1) is 20.1. The van der Waals surface area contributed by atoms with Crippen LogP contribution in [0.4, 0.5) is 10.1 Å². The van der Waals surface area contributed by atoms with Crippen molar-refractivity contribution in [1.29, 1.82) is 5.26 Å². The Morgan fingerprint density at radius 1 is 1.11 bits per heavy atom. The van der Waals surface area contributed by atoms with Crippen LogP contribution >= 0.6 is 0 Å². The Hall–Kier alpha value is -3.20. The smallest absolute Gasteiger partial charge is 0.338 e. The normalized spacial score (nSPS) is 10.3. The van der Waals surface area contributed by atoms with Crippen molar-refractivity contribution < 1.29 is 18.7 Å². The molecule has 0 spiro atoms. The van der Waals surface area contributed by atoms with Crippen molar-refractivity contribution in [2.45, 2.75) is 26.2 Å². The molecule has 1 amide bonds. The molecule has 0 saturated heterocycles. The fourth-order valence-electron chi connectivity index (χ4n) is 2.47. The average molecular weight is 368 g/mol. The Balaban J connectivity index is 2.02. The van der Waals surface area contributed by atoms with Crippen molar-refractivity contribution in [3.05, 3.63) is 65.5 Å². The highest BCUT2D eigenvalue weighted by Gasteiger charge is 2.18. The minimum atomic E-state index is -0.599. The van der Waals surface area contributed by atoms with Gasteiger partial charge in [0.2, 0.25) is 0 Å². The predicted octanol–water partition coefficient (Wildman–Crippen LogP) is 4.05. The molecule has 0 aliphatic carbocycles. The van der Waals surface area contributed by atoms with Crippen LogP contribution in [0.1, 0.15) is 42.1 Å². The number of esters is 1. The summed E-state index contributed by atoms with van der Waals surface area (Å²) in [6, 6.07) is 14.3. The zero-order valence-electron chi connectivity index (χ0n) is 15.3. The number of hydrogen-bond donors (Lipinski definition) is 0. The van der Waals surface area contributed by atoms with Crippen LogP contribution in [-0.2, 0) is 9.53 Å². The fraction of sp³-hybridized carbons (Fsp3) is 0.286. The number of ether oxygens (including phenoxy) is 1. The molecule has 0 unspecified atom stereocenters. The molecule has 0 heterocycles. The largest absolute Gasteiger partial charge is 0.452 e. The highest BCUT2D eigenvalue weighted by Crippen LogP contribution is 2.17. The number of rotatable bonds is 7. The van der Waals surface area contributed by atoms with Crippen molar-refractivity contribution in [1.82, 2.24) is 0 Å². The number of nitriles is 1. The van der Waals surface area contributed by atoms with E-state index < -0.39 is 24.3 Å². The van der Waals surface area contributed by atoms with Crippen LogP contribution in [0.3, 0.4) is 0 Å². The second-order valence-electron chi connectivity index (χ2n) is 6.28. The summed E-state index contributed by atoms with van der Waals surface area (Å²) >= 11 is 0. The summed E-state index contributed by atoms with van der Waals surface area (Å²) in [5.41, 5.74) is 1.90. The van der Waals surface area contributed by atoms with Gasteiger partial charge in [-0.1, -0.05) is 26.0 Å². The number of carbonyl (C=O) groups is 2. The predicted molar refractivity (Wildman–Crippen MR) is 99.8 cm³/mol. The maximum absolute atomic E-state index is 13.1. The van der Waals surface area contributed by atoms with Gasteiger partial charge in [0.05, 0.1) is 18.1 Å². The van der Waals surface area contributed by atoms with Crippen molar-refractivity contribution in [3.8, 4) is 6.07 Å². The number of benzene rings is 2. The lowest BCUT2D eigenvalue weighted by Crippen LogP contribution is -2.35. The standard InChI is InChI=1S/C21H21FN2O3/c1-15(2)16-4-6-17(7-5-16)21(26)27-14-20(25)24(13-3-12-23)19-10-8-18(22)9-11-19/h4-11,15H,3,13-14H2,1-2H3. The zero-order valence-corrected chi connectivity index (χ0v) is 15.3. The summed E-state index contributed by atoms with van der Waals surface area (Å²) in [4.78, 5) is 25.9. The second kappa shape index (κ2) is 9.48. The van der Waals surface area contributed by atoms with Crippen LogP contribution < -0.4 is 4.90 Å². The van der Waals surface area contributed by atoms with Crippen LogP contribution in [0.5, 0.6) is 0 Å². The molecular formula is C21H21FN2O3. The van der Waals surface area contributed by atoms with Gasteiger partial charge in [0, 0.05) is 12.2 Å². The first-order valence-electron chi connectivity index (χ1n) is 8.62. The molecule has 6 heteroatoms. The molecule has 27 heavy (non-hydrogen) atoms. The molecule has 0 radical (unpaired) electrons. The van der Waals surface area contributed by atoms with Gasteiger partial charge in [0.1, 0.15) is 5.82 Å². The van der Waals surface area contributed by atoms with E-state index in [4.69, 9.17) is 10.00 Å². The van der Waals surface area contributed by atoms with E-state index in [1.807, 2.05) is 18.2 Å². The van der Waals surface area contributed by atoms with E-state index in [-0.39, 0.29) is 13.0 Å². The topological polar surface area (TPSA) is 70.4 Å². The van der Waals surface area contributed by atoms with Gasteiger partial charge in [-0.25, -0.2) is 9.18 Å². The molecule has 0 atom stereocenters. The number of hydrogen-bond acceptors (Lipinski definition) is 4. The van der Waals surface area contributed by atoms with Gasteiger partial charge in [-0.3, -0.25) is 4.79 Å². The van der Waals surface area contributed by atoms with Crippen molar-refractivity contribution in [3.63, 3.8) is 0 Å². The third kappa shape index (κ3) is 5.65. The molecule has 0 N–H and O–H groups in total. The molecule has 0 aliphatic heterocycles. The van der Waals surface area contributed by atoms with E-state index >= 15 is 0 Å². The fourth-order valence-corrected chi connectivity index (χ4v) is 2.47. The van der Waals surface area contributed by atoms with Gasteiger partial charge >= 0.3 is 5.97 Å². The van der Waals surface area contributed by atoms with E-state index in [1.165, 1.54) is 29.2 Å². The van der Waals surface area contributed by atoms with Gasteiger partial charge in [0.15, 0.2) is 6.61 Å². The van der Waals surface area contributed by atoms with Crippen LogP contribution in [0.15, 0.2) is 48.5 Å². The lowest BCUT2D eigenvalue weighted by Gasteiger charge is -2.21. The Bertz CT molecular complexity index is 824. The summed E-state index contributed by atoms with van der Waals surface area (Å²) in [5.74, 6) is -1.16. The first-order valence-corrected chi connectivity index (χ1v) is 8.62. The lowest BCUT2D eigenvalue weighted by atomic mass is 10.0. The van der Waals surface area contributed by atoms with Gasteiger partial charge in [-0.05, 0) is 47.9 Å². The molecule has 140 valence electrons. The number of amides is 1. The number of anilines is 1. The maximum atomic E-state index is 13.1. The molecule has 0 aliphatic rings. The summed E-state index contributed by atoms with van der Waals surface area (Å²) in [5, 5.41) is 8.78. The van der Waals surface area contributed by atoms with Gasteiger partial charge in [0.25, 0.3) is 5.91 Å². The minimum absolute atomic E-state index is 0.105. The van der Waals surface area contributed by atoms with Crippen LogP contribution in [0, 0.1) is 17.1 Å². The molecule has 5 nitrogen and oxygen atoms in total. The SMILES string of the molecule is CC(C)c1ccc(C(=O)OCC(=O)N(CCC#N)c2ccc(F)cc2)cc1. The van der Waals surface area contributed by atoms with E-state index in [9.17, 15) is 14.0 Å². The monoisotopic (exact) mass is 368 g/mol. The molecule has 0 saturated carbocycles. The number of carbonyl (C=O) groups excluding carboxylic acids is 2. The Morgan fingerprint density at radius 3 is 2.30 bits per heavy atom. The quantitative estimate of drug-likeness (QED) is 0.691. The number of halogens is 1. The Labute approximate surface area is 158 Å². The lowest BCUT2D eigenvalue weighted by molar-refractivity contribution is -0.121. The summed E-state index contributed by atoms with van der Waals surface area (Å²) in [6.45, 7) is 3.77. The molecule has 2 rings (SSSR count). The molecule has 0 bridgehead atoms. The zero-order chi connectivity index (χ0) is 19.8. The highest BCUT2D eigenvalue weighted by atomic mass is 19.1. The molecule has 0 fully saturated rings. The Kier molecular flexibility index (Phi) is 7.07. The van der Waals surface area contributed by atoms with Gasteiger partial charge < -0.3 is 9.64 Å². The molecule has 0 aromatic heterocycles. The Morgan fingerprint density at radius 2 is 1.74 bits per heavy atom. The van der Waals surface area contributed by atoms with Crippen molar-refractivity contribution >= 4 is 17.6 Å². The van der Waals surface area contributed by atoms with E-state index in [2.05, 4.69) is 13.8 Å². The average Bonchev–Trinajstić information content (AvgIpc) is 2.67. The second-order valence-corrected chi connectivity index (χ2v) is 6.28. The molecule has 2 aromatic rings. The van der Waals surface area contributed by atoms with Crippen molar-refractivity contribution in [2.75, 3.05) is 18.1 Å². The van der Waals surface area contributed by atoms with Gasteiger partial charge in [-0.2, -0.15) is 5.26 Å². The van der Waals surface area contributed by atoms with E-state index in [0.29, 0.717) is 17.2 Å². The molecule has 2 aromatic carbocycles. The van der Waals surface area contributed by atoms with Crippen LogP contribution in [0.2, 0.25) is 0 Å². The maximum Gasteiger partial charge on any atom is 0.338 e. The molecular weight excluding hydrogens is 347 g/mol. The highest BCUT2D eigenvalue weighted by molar-refractivity contribution is 5.97. The summed E-state index contributed by atoms with van der Waals surface area (Å²) in [7, 11) is 0. The first-order chi connectivity index (χ1) is 12.9.